The number of benzene rings is 2. The van der Waals surface area contributed by atoms with E-state index >= 15 is 0 Å². The minimum absolute atomic E-state index is 0.774. The van der Waals surface area contributed by atoms with Gasteiger partial charge < -0.3 is 10.1 Å². The second kappa shape index (κ2) is 8.45. The monoisotopic (exact) mass is 468 g/mol. The summed E-state index contributed by atoms with van der Waals surface area (Å²) in [5.74, 6) is 1.88. The second-order valence-corrected chi connectivity index (χ2v) is 10.7. The van der Waals surface area contributed by atoms with Gasteiger partial charge in [0, 0.05) is 23.7 Å². The maximum atomic E-state index is 5.53. The number of aromatic nitrogens is 2. The average molecular weight is 469 g/mol. The molecule has 0 unspecified atom stereocenters. The van der Waals surface area contributed by atoms with Crippen LogP contribution >= 0.6 is 11.3 Å². The number of fused-ring (bicyclic) bond motifs is 6. The van der Waals surface area contributed by atoms with E-state index in [4.69, 9.17) is 14.7 Å². The van der Waals surface area contributed by atoms with E-state index in [9.17, 15) is 0 Å². The first-order valence-corrected chi connectivity index (χ1v) is 13.2. The summed E-state index contributed by atoms with van der Waals surface area (Å²) in [7, 11) is 0. The van der Waals surface area contributed by atoms with Gasteiger partial charge >= 0.3 is 0 Å². The molecule has 2 aliphatic carbocycles. The molecule has 0 saturated carbocycles. The number of nitrogens with one attached hydrogen (secondary N) is 1. The standard InChI is InChI=1S/C28H28N4OS/c1-2-6-21-18(5-1)15-19-16-20(9-10-22(19)21)29-27-26-23-7-3-4-8-24(23)34-28(26)31-25(30-27)17-32-11-13-33-14-12-32/h1-2,5-6,9-10,16H,3-4,7-8,11-15,17H2,(H,29,30,31). The van der Waals surface area contributed by atoms with Crippen molar-refractivity contribution in [2.75, 3.05) is 31.6 Å². The van der Waals surface area contributed by atoms with Crippen LogP contribution in [0.25, 0.3) is 21.3 Å². The van der Waals surface area contributed by atoms with Gasteiger partial charge in [0.2, 0.25) is 0 Å². The number of nitrogens with zero attached hydrogens (tertiary/aromatic N) is 3. The summed E-state index contributed by atoms with van der Waals surface area (Å²) in [6.45, 7) is 4.24. The molecule has 0 radical (unpaired) electrons. The molecule has 2 aromatic carbocycles. The van der Waals surface area contributed by atoms with Crippen LogP contribution in [0.3, 0.4) is 0 Å². The fourth-order valence-corrected chi connectivity index (χ4v) is 6.96. The summed E-state index contributed by atoms with van der Waals surface area (Å²) in [6, 6.07) is 15.5. The number of rotatable bonds is 4. The van der Waals surface area contributed by atoms with Crippen molar-refractivity contribution >= 4 is 33.1 Å². The molecule has 0 bridgehead atoms. The molecule has 1 aliphatic heterocycles. The summed E-state index contributed by atoms with van der Waals surface area (Å²) < 4.78 is 5.53. The van der Waals surface area contributed by atoms with Gasteiger partial charge in [-0.1, -0.05) is 30.3 Å². The fraction of sp³-hybridized carbons (Fsp3) is 0.357. The third-order valence-electron chi connectivity index (χ3n) is 7.39. The summed E-state index contributed by atoms with van der Waals surface area (Å²) >= 11 is 1.88. The highest BCUT2D eigenvalue weighted by molar-refractivity contribution is 7.19. The van der Waals surface area contributed by atoms with Crippen molar-refractivity contribution in [2.45, 2.75) is 38.6 Å². The Morgan fingerprint density at radius 2 is 1.79 bits per heavy atom. The topological polar surface area (TPSA) is 50.3 Å². The van der Waals surface area contributed by atoms with Gasteiger partial charge in [-0.25, -0.2) is 9.97 Å². The predicted octanol–water partition coefficient (Wildman–Crippen LogP) is 5.72. The quantitative estimate of drug-likeness (QED) is 0.366. The molecule has 1 saturated heterocycles. The van der Waals surface area contributed by atoms with Crippen molar-refractivity contribution in [1.29, 1.82) is 0 Å². The lowest BCUT2D eigenvalue weighted by molar-refractivity contribution is 0.0331. The highest BCUT2D eigenvalue weighted by Gasteiger charge is 2.23. The van der Waals surface area contributed by atoms with E-state index in [1.54, 1.807) is 0 Å². The molecular weight excluding hydrogens is 440 g/mol. The predicted molar refractivity (Wildman–Crippen MR) is 138 cm³/mol. The lowest BCUT2D eigenvalue weighted by atomic mass is 9.97. The first-order valence-electron chi connectivity index (χ1n) is 12.4. The van der Waals surface area contributed by atoms with E-state index in [1.165, 1.54) is 57.3 Å². The maximum absolute atomic E-state index is 5.53. The minimum Gasteiger partial charge on any atom is -0.379 e. The molecule has 3 heterocycles. The largest absolute Gasteiger partial charge is 0.379 e. The Bertz CT molecular complexity index is 1390. The van der Waals surface area contributed by atoms with Crippen LogP contribution in [0.5, 0.6) is 0 Å². The number of anilines is 2. The molecule has 0 amide bonds. The Kier molecular flexibility index (Phi) is 5.11. The molecule has 3 aliphatic rings. The van der Waals surface area contributed by atoms with Gasteiger partial charge in [0.25, 0.3) is 0 Å². The van der Waals surface area contributed by atoms with Crippen LogP contribution in [0.15, 0.2) is 42.5 Å². The Labute approximate surface area is 203 Å². The SMILES string of the molecule is c1ccc2c(c1)Cc1cc(Nc3nc(CN4CCOCC4)nc4sc5c(c34)CCCC5)ccc1-2. The molecule has 172 valence electrons. The Morgan fingerprint density at radius 1 is 0.941 bits per heavy atom. The lowest BCUT2D eigenvalue weighted by Gasteiger charge is -2.25. The van der Waals surface area contributed by atoms with Gasteiger partial charge in [-0.15, -0.1) is 11.3 Å². The third kappa shape index (κ3) is 3.61. The zero-order valence-corrected chi connectivity index (χ0v) is 20.1. The van der Waals surface area contributed by atoms with E-state index in [2.05, 4.69) is 52.7 Å². The summed E-state index contributed by atoms with van der Waals surface area (Å²) in [5.41, 5.74) is 8.11. The van der Waals surface area contributed by atoms with Gasteiger partial charge in [-0.2, -0.15) is 0 Å². The van der Waals surface area contributed by atoms with E-state index in [1.807, 2.05) is 11.3 Å². The Morgan fingerprint density at radius 3 is 2.74 bits per heavy atom. The van der Waals surface area contributed by atoms with Crippen molar-refractivity contribution in [1.82, 2.24) is 14.9 Å². The molecule has 7 rings (SSSR count). The van der Waals surface area contributed by atoms with Crippen molar-refractivity contribution < 1.29 is 4.74 Å². The molecule has 5 nitrogen and oxygen atoms in total. The van der Waals surface area contributed by atoms with Crippen LogP contribution in [0.4, 0.5) is 11.5 Å². The molecule has 2 aromatic heterocycles. The lowest BCUT2D eigenvalue weighted by Crippen LogP contribution is -2.36. The van der Waals surface area contributed by atoms with Gasteiger partial charge in [-0.3, -0.25) is 4.90 Å². The number of ether oxygens (including phenoxy) is 1. The number of hydrogen-bond acceptors (Lipinski definition) is 6. The zero-order chi connectivity index (χ0) is 22.5. The van der Waals surface area contributed by atoms with Gasteiger partial charge in [-0.05, 0) is 72.1 Å². The van der Waals surface area contributed by atoms with Crippen LogP contribution < -0.4 is 5.32 Å². The van der Waals surface area contributed by atoms with Crippen molar-refractivity contribution in [2.24, 2.45) is 0 Å². The Hall–Kier alpha value is -2.80. The molecule has 6 heteroatoms. The van der Waals surface area contributed by atoms with Crippen LogP contribution in [0.2, 0.25) is 0 Å². The second-order valence-electron chi connectivity index (χ2n) is 9.60. The van der Waals surface area contributed by atoms with E-state index in [0.717, 1.165) is 67.8 Å². The number of aryl methyl sites for hydroxylation is 2. The van der Waals surface area contributed by atoms with Crippen LogP contribution in [-0.2, 0) is 30.5 Å². The molecule has 1 N–H and O–H groups in total. The van der Waals surface area contributed by atoms with Gasteiger partial charge in [0.05, 0.1) is 25.1 Å². The fourth-order valence-electron chi connectivity index (χ4n) is 5.68. The number of thiophene rings is 1. The molecule has 4 aromatic rings. The first-order chi connectivity index (χ1) is 16.8. The molecule has 0 atom stereocenters. The van der Waals surface area contributed by atoms with Crippen LogP contribution in [-0.4, -0.2) is 41.2 Å². The van der Waals surface area contributed by atoms with E-state index in [0.29, 0.717) is 0 Å². The minimum atomic E-state index is 0.774. The molecular formula is C28H28N4OS. The summed E-state index contributed by atoms with van der Waals surface area (Å²) in [5, 5.41) is 4.97. The molecule has 34 heavy (non-hydrogen) atoms. The van der Waals surface area contributed by atoms with Crippen LogP contribution in [0, 0.1) is 0 Å². The molecule has 0 spiro atoms. The highest BCUT2D eigenvalue weighted by Crippen LogP contribution is 2.41. The van der Waals surface area contributed by atoms with Gasteiger partial charge in [0.1, 0.15) is 16.5 Å². The smallest absolute Gasteiger partial charge is 0.146 e. The third-order valence-corrected chi connectivity index (χ3v) is 8.57. The van der Waals surface area contributed by atoms with E-state index < -0.39 is 0 Å². The first kappa shape index (κ1) is 20.6. The van der Waals surface area contributed by atoms with E-state index in [-0.39, 0.29) is 0 Å². The van der Waals surface area contributed by atoms with Crippen molar-refractivity contribution in [3.8, 4) is 11.1 Å². The number of hydrogen-bond donors (Lipinski definition) is 1. The van der Waals surface area contributed by atoms with Crippen LogP contribution in [0.1, 0.15) is 40.2 Å². The van der Waals surface area contributed by atoms with Gasteiger partial charge in [0.15, 0.2) is 0 Å². The molecule has 1 fully saturated rings. The normalized spacial score (nSPS) is 17.4. The van der Waals surface area contributed by atoms with Crippen molar-refractivity contribution in [3.05, 3.63) is 69.9 Å². The summed E-state index contributed by atoms with van der Waals surface area (Å²) in [6.07, 6.45) is 5.84. The highest BCUT2D eigenvalue weighted by atomic mass is 32.1. The Balaban J connectivity index is 1.27. The maximum Gasteiger partial charge on any atom is 0.146 e. The summed E-state index contributed by atoms with van der Waals surface area (Å²) in [4.78, 5) is 15.2. The van der Waals surface area contributed by atoms with Crippen molar-refractivity contribution in [3.63, 3.8) is 0 Å². The zero-order valence-electron chi connectivity index (χ0n) is 19.3. The number of morpholine rings is 1. The average Bonchev–Trinajstić information content (AvgIpc) is 3.42.